The Balaban J connectivity index is 2.46. The van der Waals surface area contributed by atoms with Crippen LogP contribution in [0.5, 0.6) is 0 Å². The van der Waals surface area contributed by atoms with Gasteiger partial charge in [-0.3, -0.25) is 23.5 Å². The van der Waals surface area contributed by atoms with Crippen LogP contribution in [0.4, 0.5) is 0 Å². The van der Waals surface area contributed by atoms with Crippen molar-refractivity contribution in [3.8, 4) is 0 Å². The molecule has 2 rings (SSSR count). The first-order chi connectivity index (χ1) is 11.6. The number of hydrogen-bond donors (Lipinski definition) is 2. The van der Waals surface area contributed by atoms with Gasteiger partial charge in [0.2, 0.25) is 11.8 Å². The molecule has 0 aliphatic carbocycles. The first kappa shape index (κ1) is 18.4. The van der Waals surface area contributed by atoms with E-state index in [1.807, 2.05) is 0 Å². The van der Waals surface area contributed by atoms with Crippen LogP contribution >= 0.6 is 0 Å². The van der Waals surface area contributed by atoms with E-state index in [2.05, 4.69) is 10.3 Å². The fourth-order valence-electron chi connectivity index (χ4n) is 2.82. The zero-order valence-corrected chi connectivity index (χ0v) is 14.7. The van der Waals surface area contributed by atoms with E-state index in [1.165, 1.54) is 11.6 Å². The number of nitrogens with zero attached hydrogens (tertiary/aromatic N) is 3. The van der Waals surface area contributed by atoms with Crippen molar-refractivity contribution in [1.82, 2.24) is 19.4 Å². The predicted octanol–water partition coefficient (Wildman–Crippen LogP) is -1.22. The zero-order chi connectivity index (χ0) is 18.9. The molecule has 0 aliphatic rings. The van der Waals surface area contributed by atoms with E-state index in [0.29, 0.717) is 28.7 Å². The summed E-state index contributed by atoms with van der Waals surface area (Å²) in [6.45, 7) is 3.33. The van der Waals surface area contributed by atoms with Gasteiger partial charge in [-0.15, -0.1) is 0 Å². The molecule has 134 valence electrons. The second-order valence-corrected chi connectivity index (χ2v) is 5.95. The third-order valence-corrected chi connectivity index (χ3v) is 4.23. The number of aryl methyl sites for hydroxylation is 3. The molecule has 25 heavy (non-hydrogen) atoms. The monoisotopic (exact) mass is 347 g/mol. The molecule has 9 nitrogen and oxygen atoms in total. The molecule has 0 atom stereocenters. The highest BCUT2D eigenvalue weighted by atomic mass is 16.2. The summed E-state index contributed by atoms with van der Waals surface area (Å²) in [4.78, 5) is 51.4. The number of rotatable bonds is 5. The van der Waals surface area contributed by atoms with E-state index < -0.39 is 17.2 Å². The second-order valence-electron chi connectivity index (χ2n) is 5.95. The minimum absolute atomic E-state index is 0.133. The van der Waals surface area contributed by atoms with Crippen LogP contribution < -0.4 is 22.3 Å². The SMILES string of the molecule is Cc1nc2c(c(C)c1CCC(=O)NCC(N)=O)c(=O)n(C)c(=O)n2C. The van der Waals surface area contributed by atoms with Crippen LogP contribution in [0.25, 0.3) is 11.0 Å². The summed E-state index contributed by atoms with van der Waals surface area (Å²) in [5, 5.41) is 2.78. The lowest BCUT2D eigenvalue weighted by molar-refractivity contribution is -0.124. The number of aromatic nitrogens is 3. The van der Waals surface area contributed by atoms with Crippen molar-refractivity contribution in [3.63, 3.8) is 0 Å². The third kappa shape index (κ3) is 3.44. The van der Waals surface area contributed by atoms with Gasteiger partial charge >= 0.3 is 5.69 Å². The van der Waals surface area contributed by atoms with Gasteiger partial charge in [-0.05, 0) is 31.4 Å². The standard InChI is InChI=1S/C16H21N5O4/c1-8-10(5-6-12(23)18-7-11(17)22)9(2)19-14-13(8)15(24)21(4)16(25)20(14)3/h5-7H2,1-4H3,(H2,17,22)(H,18,23). The normalized spacial score (nSPS) is 10.9. The Bertz CT molecular complexity index is 987. The summed E-state index contributed by atoms with van der Waals surface area (Å²) in [5.41, 5.74) is 6.57. The van der Waals surface area contributed by atoms with Crippen LogP contribution in [-0.4, -0.2) is 32.5 Å². The molecule has 2 aromatic heterocycles. The van der Waals surface area contributed by atoms with Crippen molar-refractivity contribution >= 4 is 22.8 Å². The molecule has 0 aromatic carbocycles. The fraction of sp³-hybridized carbons (Fsp3) is 0.438. The average molecular weight is 347 g/mol. The van der Waals surface area contributed by atoms with E-state index >= 15 is 0 Å². The number of carbonyl (C=O) groups excluding carboxylic acids is 2. The molecule has 0 aliphatic heterocycles. The molecule has 2 amide bonds. The first-order valence-electron chi connectivity index (χ1n) is 7.76. The molecule has 2 heterocycles. The van der Waals surface area contributed by atoms with Gasteiger partial charge in [0.05, 0.1) is 11.9 Å². The van der Waals surface area contributed by atoms with Gasteiger partial charge in [-0.1, -0.05) is 0 Å². The third-order valence-electron chi connectivity index (χ3n) is 4.23. The topological polar surface area (TPSA) is 129 Å². The van der Waals surface area contributed by atoms with Gasteiger partial charge < -0.3 is 11.1 Å². The van der Waals surface area contributed by atoms with E-state index in [-0.39, 0.29) is 18.9 Å². The van der Waals surface area contributed by atoms with E-state index in [4.69, 9.17) is 5.73 Å². The molecule has 0 radical (unpaired) electrons. The molecule has 2 aromatic rings. The van der Waals surface area contributed by atoms with E-state index in [9.17, 15) is 19.2 Å². The van der Waals surface area contributed by atoms with Crippen LogP contribution in [0.2, 0.25) is 0 Å². The highest BCUT2D eigenvalue weighted by Crippen LogP contribution is 2.20. The summed E-state index contributed by atoms with van der Waals surface area (Å²) < 4.78 is 2.37. The summed E-state index contributed by atoms with van der Waals surface area (Å²) in [6.07, 6.45) is 0.491. The number of nitrogens with two attached hydrogens (primary N) is 1. The number of nitrogens with one attached hydrogen (secondary N) is 1. The van der Waals surface area contributed by atoms with E-state index in [0.717, 1.165) is 10.1 Å². The molecule has 0 spiro atoms. The number of hydrogen-bond acceptors (Lipinski definition) is 5. The number of pyridine rings is 1. The Kier molecular flexibility index (Phi) is 5.05. The van der Waals surface area contributed by atoms with Gasteiger partial charge in [-0.25, -0.2) is 9.78 Å². The van der Waals surface area contributed by atoms with Crippen molar-refractivity contribution in [1.29, 1.82) is 0 Å². The largest absolute Gasteiger partial charge is 0.368 e. The Hall–Kier alpha value is -2.97. The molecule has 9 heteroatoms. The number of amides is 2. The maximum absolute atomic E-state index is 12.5. The smallest absolute Gasteiger partial charge is 0.332 e. The van der Waals surface area contributed by atoms with Crippen LogP contribution in [0, 0.1) is 13.8 Å². The highest BCUT2D eigenvalue weighted by Gasteiger charge is 2.17. The zero-order valence-electron chi connectivity index (χ0n) is 14.7. The highest BCUT2D eigenvalue weighted by molar-refractivity contribution is 5.84. The second kappa shape index (κ2) is 6.88. The minimum atomic E-state index is -0.613. The van der Waals surface area contributed by atoms with Crippen LogP contribution in [0.15, 0.2) is 9.59 Å². The molecule has 3 N–H and O–H groups in total. The number of carbonyl (C=O) groups is 2. The maximum Gasteiger partial charge on any atom is 0.332 e. The predicted molar refractivity (Wildman–Crippen MR) is 92.2 cm³/mol. The Morgan fingerprint density at radius 2 is 1.80 bits per heavy atom. The number of primary amides is 1. The van der Waals surface area contributed by atoms with Gasteiger partial charge in [-0.2, -0.15) is 0 Å². The maximum atomic E-state index is 12.5. The van der Waals surface area contributed by atoms with Crippen molar-refractivity contribution in [3.05, 3.63) is 37.7 Å². The Morgan fingerprint density at radius 3 is 2.40 bits per heavy atom. The lowest BCUT2D eigenvalue weighted by atomic mass is 10.00. The first-order valence-corrected chi connectivity index (χ1v) is 7.76. The Morgan fingerprint density at radius 1 is 1.16 bits per heavy atom. The molecule has 0 bridgehead atoms. The van der Waals surface area contributed by atoms with Crippen LogP contribution in [0.1, 0.15) is 23.2 Å². The number of fused-ring (bicyclic) bond motifs is 1. The molecule has 0 fully saturated rings. The van der Waals surface area contributed by atoms with E-state index in [1.54, 1.807) is 20.9 Å². The van der Waals surface area contributed by atoms with Gasteiger partial charge in [0.25, 0.3) is 5.56 Å². The van der Waals surface area contributed by atoms with Crippen molar-refractivity contribution in [2.75, 3.05) is 6.54 Å². The van der Waals surface area contributed by atoms with Gasteiger partial charge in [0.1, 0.15) is 5.65 Å². The molecular weight excluding hydrogens is 326 g/mol. The van der Waals surface area contributed by atoms with Crippen LogP contribution in [0.3, 0.4) is 0 Å². The summed E-state index contributed by atoms with van der Waals surface area (Å²) >= 11 is 0. The van der Waals surface area contributed by atoms with Gasteiger partial charge in [0.15, 0.2) is 0 Å². The molecule has 0 saturated carbocycles. The average Bonchev–Trinajstić information content (AvgIpc) is 2.55. The lowest BCUT2D eigenvalue weighted by Gasteiger charge is -2.14. The molecular formula is C16H21N5O4. The van der Waals surface area contributed by atoms with Crippen molar-refractivity contribution in [2.24, 2.45) is 19.8 Å². The van der Waals surface area contributed by atoms with Gasteiger partial charge in [0, 0.05) is 26.2 Å². The minimum Gasteiger partial charge on any atom is -0.368 e. The fourth-order valence-corrected chi connectivity index (χ4v) is 2.82. The summed E-state index contributed by atoms with van der Waals surface area (Å²) in [6, 6.07) is 0. The molecule has 0 unspecified atom stereocenters. The van der Waals surface area contributed by atoms with Crippen molar-refractivity contribution in [2.45, 2.75) is 26.7 Å². The molecule has 0 saturated heterocycles. The summed E-state index contributed by atoms with van der Waals surface area (Å²) in [5.74, 6) is -0.927. The summed E-state index contributed by atoms with van der Waals surface area (Å²) in [7, 11) is 2.98. The van der Waals surface area contributed by atoms with Crippen molar-refractivity contribution < 1.29 is 9.59 Å². The van der Waals surface area contributed by atoms with Crippen LogP contribution in [-0.2, 0) is 30.1 Å². The quantitative estimate of drug-likeness (QED) is 0.700. The lowest BCUT2D eigenvalue weighted by Crippen LogP contribution is -2.38. The Labute approximate surface area is 143 Å².